The van der Waals surface area contributed by atoms with Crippen LogP contribution in [-0.2, 0) is 16.6 Å². The molecule has 0 bridgehead atoms. The van der Waals surface area contributed by atoms with Gasteiger partial charge in [-0.25, -0.2) is 17.5 Å². The molecule has 2 aromatic rings. The Morgan fingerprint density at radius 2 is 2.22 bits per heavy atom. The number of aromatic nitrogens is 2. The second-order valence-electron chi connectivity index (χ2n) is 3.84. The molecule has 2 rings (SSSR count). The van der Waals surface area contributed by atoms with E-state index < -0.39 is 15.8 Å². The largest absolute Gasteiger partial charge is 0.285 e. The molecule has 0 atom stereocenters. The lowest BCUT2D eigenvalue weighted by molar-refractivity contribution is 0.576. The van der Waals surface area contributed by atoms with Crippen LogP contribution in [0.1, 0.15) is 11.1 Å². The summed E-state index contributed by atoms with van der Waals surface area (Å²) in [5, 5.41) is 6.28. The normalized spacial score (nSPS) is 11.7. The van der Waals surface area contributed by atoms with Gasteiger partial charge in [0.2, 0.25) is 10.0 Å². The van der Waals surface area contributed by atoms with Crippen molar-refractivity contribution in [3.8, 4) is 0 Å². The predicted molar refractivity (Wildman–Crippen MR) is 63.8 cm³/mol. The summed E-state index contributed by atoms with van der Waals surface area (Å²) in [6.07, 6.45) is 3.09. The van der Waals surface area contributed by atoms with Crippen LogP contribution in [0.15, 0.2) is 35.5 Å². The molecule has 2 N–H and O–H groups in total. The van der Waals surface area contributed by atoms with Crippen molar-refractivity contribution in [2.45, 2.75) is 18.4 Å². The molecule has 96 valence electrons. The predicted octanol–water partition coefficient (Wildman–Crippen LogP) is 1.34. The van der Waals surface area contributed by atoms with Gasteiger partial charge in [-0.15, -0.1) is 0 Å². The molecule has 0 saturated carbocycles. The lowest BCUT2D eigenvalue weighted by atomic mass is 10.2. The Morgan fingerprint density at radius 3 is 2.83 bits per heavy atom. The van der Waals surface area contributed by atoms with Crippen molar-refractivity contribution in [1.82, 2.24) is 14.9 Å². The van der Waals surface area contributed by atoms with Crippen molar-refractivity contribution < 1.29 is 12.8 Å². The summed E-state index contributed by atoms with van der Waals surface area (Å²) in [7, 11) is -3.71. The van der Waals surface area contributed by atoms with Gasteiger partial charge in [-0.3, -0.25) is 5.10 Å². The van der Waals surface area contributed by atoms with Gasteiger partial charge in [0.05, 0.1) is 11.1 Å². The fourth-order valence-corrected chi connectivity index (χ4v) is 2.41. The van der Waals surface area contributed by atoms with Gasteiger partial charge >= 0.3 is 0 Å². The lowest BCUT2D eigenvalue weighted by Gasteiger charge is -2.06. The van der Waals surface area contributed by atoms with E-state index in [0.717, 1.165) is 6.07 Å². The van der Waals surface area contributed by atoms with Gasteiger partial charge < -0.3 is 0 Å². The van der Waals surface area contributed by atoms with Crippen LogP contribution in [-0.4, -0.2) is 18.6 Å². The van der Waals surface area contributed by atoms with Gasteiger partial charge in [0, 0.05) is 18.3 Å². The summed E-state index contributed by atoms with van der Waals surface area (Å²) in [4.78, 5) is -0.0888. The van der Waals surface area contributed by atoms with Gasteiger partial charge in [-0.1, -0.05) is 6.07 Å². The summed E-state index contributed by atoms with van der Waals surface area (Å²) in [6, 6.07) is 3.81. The van der Waals surface area contributed by atoms with Gasteiger partial charge in [0.25, 0.3) is 0 Å². The number of hydrogen-bond acceptors (Lipinski definition) is 3. The first kappa shape index (κ1) is 12.7. The summed E-state index contributed by atoms with van der Waals surface area (Å²) >= 11 is 0. The Morgan fingerprint density at radius 1 is 1.44 bits per heavy atom. The van der Waals surface area contributed by atoms with E-state index in [0.29, 0.717) is 11.1 Å². The molecule has 1 aromatic heterocycles. The summed E-state index contributed by atoms with van der Waals surface area (Å²) in [5.41, 5.74) is 1.11. The molecule has 0 fully saturated rings. The highest BCUT2D eigenvalue weighted by atomic mass is 32.2. The van der Waals surface area contributed by atoms with Crippen LogP contribution in [0.3, 0.4) is 0 Å². The molecule has 18 heavy (non-hydrogen) atoms. The molecule has 1 aromatic carbocycles. The van der Waals surface area contributed by atoms with Crippen LogP contribution in [0.2, 0.25) is 0 Å². The summed E-state index contributed by atoms with van der Waals surface area (Å²) in [5.74, 6) is -0.541. The van der Waals surface area contributed by atoms with Gasteiger partial charge in [0.1, 0.15) is 5.82 Å². The Bertz CT molecular complexity index is 638. The highest BCUT2D eigenvalue weighted by Crippen LogP contribution is 2.14. The third kappa shape index (κ3) is 2.74. The van der Waals surface area contributed by atoms with Crippen molar-refractivity contribution in [2.24, 2.45) is 0 Å². The highest BCUT2D eigenvalue weighted by Gasteiger charge is 2.15. The second-order valence-corrected chi connectivity index (χ2v) is 5.61. The molecule has 0 radical (unpaired) electrons. The number of sulfonamides is 1. The molecule has 7 heteroatoms. The molecule has 0 unspecified atom stereocenters. The SMILES string of the molecule is Cc1ccc(S(=O)(=O)NCc2cn[nH]c2)cc1F. The van der Waals surface area contributed by atoms with E-state index >= 15 is 0 Å². The molecular weight excluding hydrogens is 257 g/mol. The quantitative estimate of drug-likeness (QED) is 0.879. The van der Waals surface area contributed by atoms with Crippen molar-refractivity contribution >= 4 is 10.0 Å². The number of rotatable bonds is 4. The first-order valence-electron chi connectivity index (χ1n) is 5.22. The third-order valence-electron chi connectivity index (χ3n) is 2.47. The van der Waals surface area contributed by atoms with Crippen LogP contribution in [0.25, 0.3) is 0 Å². The topological polar surface area (TPSA) is 74.8 Å². The number of halogens is 1. The van der Waals surface area contributed by atoms with Crippen LogP contribution >= 0.6 is 0 Å². The molecule has 0 aliphatic rings. The fourth-order valence-electron chi connectivity index (χ4n) is 1.38. The van der Waals surface area contributed by atoms with Crippen molar-refractivity contribution in [3.63, 3.8) is 0 Å². The average molecular weight is 269 g/mol. The zero-order valence-corrected chi connectivity index (χ0v) is 10.5. The number of hydrogen-bond donors (Lipinski definition) is 2. The first-order valence-corrected chi connectivity index (χ1v) is 6.71. The standard InChI is InChI=1S/C11H12FN3O2S/c1-8-2-3-10(4-11(8)12)18(16,17)15-7-9-5-13-14-6-9/h2-6,15H,7H2,1H3,(H,13,14). The van der Waals surface area contributed by atoms with Crippen LogP contribution in [0.4, 0.5) is 4.39 Å². The fraction of sp³-hybridized carbons (Fsp3) is 0.182. The van der Waals surface area contributed by atoms with Crippen LogP contribution in [0, 0.1) is 12.7 Å². The van der Waals surface area contributed by atoms with E-state index in [-0.39, 0.29) is 11.4 Å². The number of benzene rings is 1. The van der Waals surface area contributed by atoms with E-state index in [1.54, 1.807) is 13.1 Å². The second kappa shape index (κ2) is 4.87. The minimum absolute atomic E-state index is 0.0888. The Labute approximate surface area is 104 Å². The lowest BCUT2D eigenvalue weighted by Crippen LogP contribution is -2.23. The van der Waals surface area contributed by atoms with Crippen LogP contribution in [0.5, 0.6) is 0 Å². The summed E-state index contributed by atoms with van der Waals surface area (Å²) in [6.45, 7) is 1.68. The number of H-pyrrole nitrogens is 1. The maximum atomic E-state index is 13.3. The first-order chi connectivity index (χ1) is 8.49. The molecule has 1 heterocycles. The van der Waals surface area contributed by atoms with Crippen molar-refractivity contribution in [3.05, 3.63) is 47.5 Å². The van der Waals surface area contributed by atoms with E-state index in [2.05, 4.69) is 14.9 Å². The van der Waals surface area contributed by atoms with E-state index in [4.69, 9.17) is 0 Å². The van der Waals surface area contributed by atoms with Crippen molar-refractivity contribution in [2.75, 3.05) is 0 Å². The Hall–Kier alpha value is -1.73. The zero-order valence-electron chi connectivity index (χ0n) is 9.64. The smallest absolute Gasteiger partial charge is 0.240 e. The zero-order chi connectivity index (χ0) is 13.2. The number of aromatic amines is 1. The van der Waals surface area contributed by atoms with Crippen molar-refractivity contribution in [1.29, 1.82) is 0 Å². The van der Waals surface area contributed by atoms with E-state index in [1.165, 1.54) is 18.3 Å². The number of nitrogens with one attached hydrogen (secondary N) is 2. The minimum Gasteiger partial charge on any atom is -0.285 e. The van der Waals surface area contributed by atoms with Gasteiger partial charge in [-0.05, 0) is 24.6 Å². The molecule has 0 amide bonds. The van der Waals surface area contributed by atoms with Gasteiger partial charge in [-0.2, -0.15) is 5.10 Å². The van der Waals surface area contributed by atoms with Gasteiger partial charge in [0.15, 0.2) is 0 Å². The molecule has 0 aliphatic carbocycles. The monoisotopic (exact) mass is 269 g/mol. The average Bonchev–Trinajstić information content (AvgIpc) is 2.83. The molecule has 5 nitrogen and oxygen atoms in total. The Kier molecular flexibility index (Phi) is 3.44. The molecule has 0 aliphatic heterocycles. The third-order valence-corrected chi connectivity index (χ3v) is 3.87. The highest BCUT2D eigenvalue weighted by molar-refractivity contribution is 7.89. The minimum atomic E-state index is -3.71. The summed E-state index contributed by atoms with van der Waals surface area (Å²) < 4.78 is 39.5. The molecule has 0 spiro atoms. The number of nitrogens with zero attached hydrogens (tertiary/aromatic N) is 1. The van der Waals surface area contributed by atoms with E-state index in [9.17, 15) is 12.8 Å². The maximum Gasteiger partial charge on any atom is 0.240 e. The maximum absolute atomic E-state index is 13.3. The Balaban J connectivity index is 2.17. The molecular formula is C11H12FN3O2S. The number of aryl methyl sites for hydroxylation is 1. The van der Waals surface area contributed by atoms with Crippen LogP contribution < -0.4 is 4.72 Å². The van der Waals surface area contributed by atoms with E-state index in [1.807, 2.05) is 0 Å². The molecule has 0 saturated heterocycles.